The highest BCUT2D eigenvalue weighted by molar-refractivity contribution is 14.0. The van der Waals surface area contributed by atoms with E-state index in [4.69, 9.17) is 9.47 Å². The number of hydrogen-bond acceptors (Lipinski definition) is 5. The highest BCUT2D eigenvalue weighted by Gasteiger charge is 2.12. The Morgan fingerprint density at radius 3 is 2.55 bits per heavy atom. The Bertz CT molecular complexity index is 765. The number of aliphatic imine (C=N–C) groups is 1. The maximum Gasteiger partial charge on any atom is 0.191 e. The molecule has 1 atom stereocenters. The van der Waals surface area contributed by atoms with Crippen molar-refractivity contribution in [3.63, 3.8) is 0 Å². The molecule has 0 amide bonds. The first-order valence-electron chi connectivity index (χ1n) is 9.86. The van der Waals surface area contributed by atoms with E-state index in [9.17, 15) is 0 Å². The van der Waals surface area contributed by atoms with Crippen molar-refractivity contribution in [1.29, 1.82) is 0 Å². The van der Waals surface area contributed by atoms with Gasteiger partial charge >= 0.3 is 0 Å². The first-order valence-corrected chi connectivity index (χ1v) is 9.86. The zero-order chi connectivity index (χ0) is 20.4. The summed E-state index contributed by atoms with van der Waals surface area (Å²) in [6.07, 6.45) is 2.62. The number of halogens is 1. The third-order valence-corrected chi connectivity index (χ3v) is 4.30. The second kappa shape index (κ2) is 13.2. The van der Waals surface area contributed by atoms with Gasteiger partial charge in [-0.3, -0.25) is 4.99 Å². The fraction of sp³-hybridized carbons (Fsp3) is 0.550. The van der Waals surface area contributed by atoms with Crippen molar-refractivity contribution < 1.29 is 9.47 Å². The van der Waals surface area contributed by atoms with Crippen molar-refractivity contribution in [1.82, 2.24) is 25.4 Å². The van der Waals surface area contributed by atoms with Crippen LogP contribution in [0.1, 0.15) is 45.1 Å². The summed E-state index contributed by atoms with van der Waals surface area (Å²) >= 11 is 0. The zero-order valence-corrected chi connectivity index (χ0v) is 20.3. The SMILES string of the molecule is CCOc1ccc(C(C)NC(=NC)NCCn2cnnc2CC)cc1OCC.I. The number of ether oxygens (including phenoxy) is 2. The minimum absolute atomic E-state index is 0. The van der Waals surface area contributed by atoms with Gasteiger partial charge in [-0.05, 0) is 38.5 Å². The smallest absolute Gasteiger partial charge is 0.191 e. The largest absolute Gasteiger partial charge is 0.490 e. The van der Waals surface area contributed by atoms with Gasteiger partial charge in [-0.25, -0.2) is 0 Å². The molecule has 0 aliphatic carbocycles. The van der Waals surface area contributed by atoms with Gasteiger partial charge in [-0.1, -0.05) is 13.0 Å². The van der Waals surface area contributed by atoms with Crippen LogP contribution in [0.5, 0.6) is 11.5 Å². The van der Waals surface area contributed by atoms with Crippen LogP contribution in [-0.4, -0.2) is 47.5 Å². The highest BCUT2D eigenvalue weighted by atomic mass is 127. The molecule has 0 spiro atoms. The molecule has 0 saturated heterocycles. The van der Waals surface area contributed by atoms with Crippen LogP contribution in [0, 0.1) is 0 Å². The van der Waals surface area contributed by atoms with Crippen LogP contribution >= 0.6 is 24.0 Å². The van der Waals surface area contributed by atoms with Gasteiger partial charge < -0.3 is 24.7 Å². The summed E-state index contributed by atoms with van der Waals surface area (Å²) in [4.78, 5) is 4.32. The molecular weight excluding hydrogens is 483 g/mol. The van der Waals surface area contributed by atoms with E-state index in [1.807, 2.05) is 36.6 Å². The first-order chi connectivity index (χ1) is 13.6. The second-order valence-corrected chi connectivity index (χ2v) is 6.23. The molecule has 29 heavy (non-hydrogen) atoms. The lowest BCUT2D eigenvalue weighted by Crippen LogP contribution is -2.40. The monoisotopic (exact) mass is 516 g/mol. The lowest BCUT2D eigenvalue weighted by molar-refractivity contribution is 0.287. The molecule has 1 heterocycles. The van der Waals surface area contributed by atoms with Crippen LogP contribution in [0.3, 0.4) is 0 Å². The maximum atomic E-state index is 5.73. The van der Waals surface area contributed by atoms with E-state index >= 15 is 0 Å². The maximum absolute atomic E-state index is 5.73. The molecular formula is C20H33IN6O2. The summed E-state index contributed by atoms with van der Waals surface area (Å²) in [6, 6.07) is 6.08. The summed E-state index contributed by atoms with van der Waals surface area (Å²) in [6.45, 7) is 10.8. The average molecular weight is 516 g/mol. The van der Waals surface area contributed by atoms with Crippen LogP contribution in [0.15, 0.2) is 29.5 Å². The summed E-state index contributed by atoms with van der Waals surface area (Å²) in [7, 11) is 1.77. The molecule has 2 N–H and O–H groups in total. The van der Waals surface area contributed by atoms with Crippen LogP contribution in [-0.2, 0) is 13.0 Å². The standard InChI is InChI=1S/C20H32N6O2.HI/c1-6-19-25-23-14-26(19)12-11-22-20(21-5)24-15(4)16-9-10-17(27-7-2)18(13-16)28-8-3;/h9-10,13-15H,6-8,11-12H2,1-5H3,(H2,21,22,24);1H. The van der Waals surface area contributed by atoms with Crippen molar-refractivity contribution in [2.24, 2.45) is 4.99 Å². The third kappa shape index (κ3) is 7.37. The van der Waals surface area contributed by atoms with E-state index in [1.54, 1.807) is 13.4 Å². The molecule has 0 radical (unpaired) electrons. The van der Waals surface area contributed by atoms with Gasteiger partial charge in [0.15, 0.2) is 17.5 Å². The van der Waals surface area contributed by atoms with Gasteiger partial charge in [0.2, 0.25) is 0 Å². The molecule has 1 aromatic carbocycles. The highest BCUT2D eigenvalue weighted by Crippen LogP contribution is 2.30. The number of aryl methyl sites for hydroxylation is 1. The molecule has 2 rings (SSSR count). The van der Waals surface area contributed by atoms with Crippen LogP contribution in [0.2, 0.25) is 0 Å². The van der Waals surface area contributed by atoms with Gasteiger partial charge in [0.25, 0.3) is 0 Å². The van der Waals surface area contributed by atoms with Gasteiger partial charge in [-0.2, -0.15) is 0 Å². The number of nitrogens with one attached hydrogen (secondary N) is 2. The van der Waals surface area contributed by atoms with E-state index in [0.717, 1.165) is 48.4 Å². The molecule has 1 aromatic heterocycles. The Morgan fingerprint density at radius 2 is 1.90 bits per heavy atom. The Balaban J connectivity index is 0.00000420. The molecule has 0 aliphatic rings. The number of aromatic nitrogens is 3. The quantitative estimate of drug-likeness (QED) is 0.287. The minimum Gasteiger partial charge on any atom is -0.490 e. The van der Waals surface area contributed by atoms with Crippen LogP contribution in [0.25, 0.3) is 0 Å². The van der Waals surface area contributed by atoms with Crippen molar-refractivity contribution in [2.45, 2.75) is 46.7 Å². The third-order valence-electron chi connectivity index (χ3n) is 4.30. The van der Waals surface area contributed by atoms with E-state index in [-0.39, 0.29) is 30.0 Å². The Labute approximate surface area is 190 Å². The van der Waals surface area contributed by atoms with Crippen LogP contribution < -0.4 is 20.1 Å². The summed E-state index contributed by atoms with van der Waals surface area (Å²) < 4.78 is 13.4. The molecule has 9 heteroatoms. The molecule has 162 valence electrons. The van der Waals surface area contributed by atoms with E-state index < -0.39 is 0 Å². The fourth-order valence-electron chi connectivity index (χ4n) is 2.85. The summed E-state index contributed by atoms with van der Waals surface area (Å²) in [5.74, 6) is 3.25. The molecule has 0 fully saturated rings. The van der Waals surface area contributed by atoms with Gasteiger partial charge in [0, 0.05) is 26.6 Å². The zero-order valence-electron chi connectivity index (χ0n) is 17.9. The van der Waals surface area contributed by atoms with E-state index in [1.165, 1.54) is 0 Å². The first kappa shape index (κ1) is 25.0. The van der Waals surface area contributed by atoms with Crippen molar-refractivity contribution in [2.75, 3.05) is 26.8 Å². The van der Waals surface area contributed by atoms with E-state index in [2.05, 4.69) is 39.7 Å². The number of rotatable bonds is 10. The lowest BCUT2D eigenvalue weighted by atomic mass is 10.1. The number of nitrogens with zero attached hydrogens (tertiary/aromatic N) is 4. The van der Waals surface area contributed by atoms with E-state index in [0.29, 0.717) is 13.2 Å². The minimum atomic E-state index is 0. The molecule has 8 nitrogen and oxygen atoms in total. The lowest BCUT2D eigenvalue weighted by Gasteiger charge is -2.20. The van der Waals surface area contributed by atoms with Crippen molar-refractivity contribution in [3.05, 3.63) is 35.9 Å². The number of guanidine groups is 1. The van der Waals surface area contributed by atoms with Crippen molar-refractivity contribution in [3.8, 4) is 11.5 Å². The van der Waals surface area contributed by atoms with Gasteiger partial charge in [-0.15, -0.1) is 34.2 Å². The van der Waals surface area contributed by atoms with Crippen molar-refractivity contribution >= 4 is 29.9 Å². The predicted octanol–water partition coefficient (Wildman–Crippen LogP) is 3.18. The fourth-order valence-corrected chi connectivity index (χ4v) is 2.85. The molecule has 0 bridgehead atoms. The average Bonchev–Trinajstić information content (AvgIpc) is 3.16. The van der Waals surface area contributed by atoms with Gasteiger partial charge in [0.1, 0.15) is 12.2 Å². The predicted molar refractivity (Wildman–Crippen MR) is 127 cm³/mol. The Kier molecular flexibility index (Phi) is 11.4. The summed E-state index contributed by atoms with van der Waals surface area (Å²) in [5, 5.41) is 14.8. The number of hydrogen-bond donors (Lipinski definition) is 2. The molecule has 0 saturated carbocycles. The normalized spacial score (nSPS) is 12.1. The molecule has 0 aliphatic heterocycles. The van der Waals surface area contributed by atoms with Gasteiger partial charge in [0.05, 0.1) is 19.3 Å². The Morgan fingerprint density at radius 1 is 1.17 bits per heavy atom. The topological polar surface area (TPSA) is 85.6 Å². The summed E-state index contributed by atoms with van der Waals surface area (Å²) in [5.41, 5.74) is 1.10. The molecule has 2 aromatic rings. The second-order valence-electron chi connectivity index (χ2n) is 6.23. The van der Waals surface area contributed by atoms with Crippen LogP contribution in [0.4, 0.5) is 0 Å². The molecule has 1 unspecified atom stereocenters. The number of benzene rings is 1. The Hall–Kier alpha value is -2.04.